The summed E-state index contributed by atoms with van der Waals surface area (Å²) in [6, 6.07) is 0.694. The van der Waals surface area contributed by atoms with Crippen LogP contribution in [-0.4, -0.2) is 48.5 Å². The maximum absolute atomic E-state index is 9.58. The first kappa shape index (κ1) is 14.9. The lowest BCUT2D eigenvalue weighted by molar-refractivity contribution is 0.0689. The van der Waals surface area contributed by atoms with Crippen LogP contribution in [0, 0.1) is 0 Å². The summed E-state index contributed by atoms with van der Waals surface area (Å²) in [6.45, 7) is 7.46. The molecule has 0 aromatic carbocycles. The molecule has 102 valence electrons. The Kier molecular flexibility index (Phi) is 7.82. The Labute approximate surface area is 106 Å². The summed E-state index contributed by atoms with van der Waals surface area (Å²) in [7, 11) is 0. The molecule has 0 amide bonds. The van der Waals surface area contributed by atoms with Crippen LogP contribution in [0.1, 0.15) is 52.4 Å². The molecule has 1 unspecified atom stereocenters. The predicted molar refractivity (Wildman–Crippen MR) is 71.2 cm³/mol. The molecule has 17 heavy (non-hydrogen) atoms. The van der Waals surface area contributed by atoms with Crippen LogP contribution in [0.4, 0.5) is 0 Å². The van der Waals surface area contributed by atoms with Crippen LogP contribution in [0.5, 0.6) is 0 Å². The van der Waals surface area contributed by atoms with Gasteiger partial charge in [-0.2, -0.15) is 0 Å². The van der Waals surface area contributed by atoms with Gasteiger partial charge in [-0.1, -0.05) is 19.3 Å². The summed E-state index contributed by atoms with van der Waals surface area (Å²) in [5.41, 5.74) is 0. The third kappa shape index (κ3) is 6.39. The monoisotopic (exact) mass is 243 g/mol. The minimum Gasteiger partial charge on any atom is -0.392 e. The van der Waals surface area contributed by atoms with Gasteiger partial charge in [-0.3, -0.25) is 4.90 Å². The van der Waals surface area contributed by atoms with Crippen molar-refractivity contribution >= 4 is 0 Å². The number of hydrogen-bond donors (Lipinski definition) is 1. The number of hydrogen-bond acceptors (Lipinski definition) is 3. The van der Waals surface area contributed by atoms with Crippen LogP contribution < -0.4 is 0 Å². The molecule has 0 bridgehead atoms. The van der Waals surface area contributed by atoms with Gasteiger partial charge in [0.1, 0.15) is 0 Å². The van der Waals surface area contributed by atoms with Crippen molar-refractivity contribution < 1.29 is 9.84 Å². The highest BCUT2D eigenvalue weighted by atomic mass is 16.5. The van der Waals surface area contributed by atoms with Gasteiger partial charge in [-0.15, -0.1) is 0 Å². The van der Waals surface area contributed by atoms with Crippen LogP contribution >= 0.6 is 0 Å². The summed E-state index contributed by atoms with van der Waals surface area (Å²) in [5, 5.41) is 9.58. The summed E-state index contributed by atoms with van der Waals surface area (Å²) in [4.78, 5) is 2.48. The van der Waals surface area contributed by atoms with Gasteiger partial charge >= 0.3 is 0 Å². The van der Waals surface area contributed by atoms with Gasteiger partial charge < -0.3 is 9.84 Å². The Morgan fingerprint density at radius 2 is 2.00 bits per heavy atom. The lowest BCUT2D eigenvalue weighted by Crippen LogP contribution is -2.41. The van der Waals surface area contributed by atoms with Gasteiger partial charge in [0.25, 0.3) is 0 Å². The fourth-order valence-electron chi connectivity index (χ4n) is 2.72. The van der Waals surface area contributed by atoms with Gasteiger partial charge in [0.15, 0.2) is 0 Å². The zero-order chi connectivity index (χ0) is 12.5. The number of ether oxygens (including phenoxy) is 1. The van der Waals surface area contributed by atoms with Crippen molar-refractivity contribution in [1.29, 1.82) is 0 Å². The van der Waals surface area contributed by atoms with E-state index in [0.717, 1.165) is 32.7 Å². The van der Waals surface area contributed by atoms with Crippen LogP contribution in [0.25, 0.3) is 0 Å². The van der Waals surface area contributed by atoms with Crippen molar-refractivity contribution in [2.45, 2.75) is 64.5 Å². The van der Waals surface area contributed by atoms with E-state index in [2.05, 4.69) is 4.90 Å². The zero-order valence-corrected chi connectivity index (χ0v) is 11.5. The molecule has 0 heterocycles. The van der Waals surface area contributed by atoms with E-state index in [1.807, 2.05) is 13.8 Å². The van der Waals surface area contributed by atoms with E-state index >= 15 is 0 Å². The van der Waals surface area contributed by atoms with Gasteiger partial charge in [0.05, 0.1) is 6.10 Å². The highest BCUT2D eigenvalue weighted by Crippen LogP contribution is 2.22. The third-order valence-corrected chi connectivity index (χ3v) is 3.53. The van der Waals surface area contributed by atoms with E-state index in [1.54, 1.807) is 0 Å². The summed E-state index contributed by atoms with van der Waals surface area (Å²) in [5.74, 6) is 0. The lowest BCUT2D eigenvalue weighted by Gasteiger charge is -2.35. The van der Waals surface area contributed by atoms with Crippen molar-refractivity contribution in [2.75, 3.05) is 26.3 Å². The minimum absolute atomic E-state index is 0.218. The average Bonchev–Trinajstić information content (AvgIpc) is 2.34. The smallest absolute Gasteiger partial charge is 0.0639 e. The van der Waals surface area contributed by atoms with Crippen LogP contribution in [0.15, 0.2) is 0 Å². The maximum atomic E-state index is 9.58. The van der Waals surface area contributed by atoms with E-state index in [9.17, 15) is 5.11 Å². The summed E-state index contributed by atoms with van der Waals surface area (Å²) < 4.78 is 5.39. The van der Waals surface area contributed by atoms with Crippen LogP contribution in [0.2, 0.25) is 0 Å². The largest absolute Gasteiger partial charge is 0.392 e. The molecule has 1 rings (SSSR count). The molecule has 1 aliphatic rings. The van der Waals surface area contributed by atoms with E-state index in [4.69, 9.17) is 4.74 Å². The molecular weight excluding hydrogens is 214 g/mol. The minimum atomic E-state index is -0.218. The van der Waals surface area contributed by atoms with Crippen LogP contribution in [-0.2, 0) is 4.74 Å². The van der Waals surface area contributed by atoms with Crippen molar-refractivity contribution in [2.24, 2.45) is 0 Å². The van der Waals surface area contributed by atoms with Gasteiger partial charge in [-0.25, -0.2) is 0 Å². The molecule has 0 spiro atoms. The molecule has 1 saturated carbocycles. The second-order valence-corrected chi connectivity index (χ2v) is 5.19. The van der Waals surface area contributed by atoms with E-state index in [1.165, 1.54) is 32.1 Å². The Morgan fingerprint density at radius 3 is 2.59 bits per heavy atom. The molecule has 0 aromatic rings. The van der Waals surface area contributed by atoms with Gasteiger partial charge in [0.2, 0.25) is 0 Å². The fraction of sp³-hybridized carbons (Fsp3) is 1.00. The first-order valence-corrected chi connectivity index (χ1v) is 7.24. The fourth-order valence-corrected chi connectivity index (χ4v) is 2.72. The first-order valence-electron chi connectivity index (χ1n) is 7.24. The van der Waals surface area contributed by atoms with Gasteiger partial charge in [0, 0.05) is 32.3 Å². The lowest BCUT2D eigenvalue weighted by atomic mass is 9.94. The van der Waals surface area contributed by atoms with Crippen molar-refractivity contribution in [1.82, 2.24) is 4.90 Å². The second kappa shape index (κ2) is 8.90. The summed E-state index contributed by atoms with van der Waals surface area (Å²) >= 11 is 0. The Balaban J connectivity index is 2.30. The highest BCUT2D eigenvalue weighted by Gasteiger charge is 2.21. The van der Waals surface area contributed by atoms with Gasteiger partial charge in [-0.05, 0) is 33.1 Å². The molecule has 3 nitrogen and oxygen atoms in total. The molecule has 0 radical (unpaired) electrons. The SMILES string of the molecule is CCOCCCN(CC(C)O)C1CCCCC1. The molecule has 3 heteroatoms. The number of aliphatic hydroxyl groups excluding tert-OH is 1. The Hall–Kier alpha value is -0.120. The van der Waals surface area contributed by atoms with E-state index in [0.29, 0.717) is 6.04 Å². The predicted octanol–water partition coefficient (Wildman–Crippen LogP) is 2.43. The Morgan fingerprint density at radius 1 is 1.29 bits per heavy atom. The molecule has 0 saturated heterocycles. The normalized spacial score (nSPS) is 19.8. The molecule has 1 fully saturated rings. The van der Waals surface area contributed by atoms with Crippen molar-refractivity contribution in [3.63, 3.8) is 0 Å². The number of aliphatic hydroxyl groups is 1. The maximum Gasteiger partial charge on any atom is 0.0639 e. The van der Waals surface area contributed by atoms with Crippen LogP contribution in [0.3, 0.4) is 0 Å². The van der Waals surface area contributed by atoms with E-state index in [-0.39, 0.29) is 6.10 Å². The third-order valence-electron chi connectivity index (χ3n) is 3.53. The first-order chi connectivity index (χ1) is 8.24. The number of nitrogens with zero attached hydrogens (tertiary/aromatic N) is 1. The highest BCUT2D eigenvalue weighted by molar-refractivity contribution is 4.77. The van der Waals surface area contributed by atoms with Crippen molar-refractivity contribution in [3.8, 4) is 0 Å². The number of rotatable bonds is 8. The molecule has 1 aliphatic carbocycles. The molecule has 1 N–H and O–H groups in total. The standard InChI is InChI=1S/C14H29NO2/c1-3-17-11-7-10-15(12-13(2)16)14-8-5-4-6-9-14/h13-14,16H,3-12H2,1-2H3. The average molecular weight is 243 g/mol. The quantitative estimate of drug-likeness (QED) is 0.665. The zero-order valence-electron chi connectivity index (χ0n) is 11.5. The van der Waals surface area contributed by atoms with E-state index < -0.39 is 0 Å². The Bertz CT molecular complexity index is 179. The molecule has 1 atom stereocenters. The molecular formula is C14H29NO2. The summed E-state index contributed by atoms with van der Waals surface area (Å²) in [6.07, 6.45) is 7.57. The topological polar surface area (TPSA) is 32.7 Å². The molecule has 0 aliphatic heterocycles. The molecule has 0 aromatic heterocycles. The van der Waals surface area contributed by atoms with Crippen molar-refractivity contribution in [3.05, 3.63) is 0 Å². The second-order valence-electron chi connectivity index (χ2n) is 5.19.